The fourth-order valence-corrected chi connectivity index (χ4v) is 1.30. The van der Waals surface area contributed by atoms with Gasteiger partial charge in [0.1, 0.15) is 0 Å². The van der Waals surface area contributed by atoms with Gasteiger partial charge in [-0.3, -0.25) is 10.1 Å². The third-order valence-electron chi connectivity index (χ3n) is 2.16. The van der Waals surface area contributed by atoms with Crippen LogP contribution in [0, 0.1) is 21.4 Å². The Balaban J connectivity index is 3.19. The predicted octanol–water partition coefficient (Wildman–Crippen LogP) is 2.32. The molecule has 0 bridgehead atoms. The van der Waals surface area contributed by atoms with Crippen LogP contribution in [0.5, 0.6) is 5.75 Å². The molecule has 1 N–H and O–H groups in total. The zero-order valence-electron chi connectivity index (χ0n) is 8.17. The molecule has 0 saturated carbocycles. The molecule has 0 radical (unpaired) electrons. The van der Waals surface area contributed by atoms with E-state index in [9.17, 15) is 15.2 Å². The molecule has 0 aromatic heterocycles. The van der Waals surface area contributed by atoms with Crippen LogP contribution in [0.3, 0.4) is 0 Å². The Hall–Kier alpha value is -2.09. The van der Waals surface area contributed by atoms with Crippen LogP contribution in [0.25, 0.3) is 0 Å². The lowest BCUT2D eigenvalue weighted by molar-refractivity contribution is -0.385. The summed E-state index contributed by atoms with van der Waals surface area (Å²) in [6.07, 6.45) is 0.582. The summed E-state index contributed by atoms with van der Waals surface area (Å²) >= 11 is 0. The van der Waals surface area contributed by atoms with Crippen LogP contribution < -0.4 is 0 Å². The molecule has 1 aromatic carbocycles. The van der Waals surface area contributed by atoms with Crippen molar-refractivity contribution in [3.63, 3.8) is 0 Å². The van der Waals surface area contributed by atoms with E-state index in [0.717, 1.165) is 0 Å². The van der Waals surface area contributed by atoms with Gasteiger partial charge in [-0.1, -0.05) is 13.0 Å². The molecule has 0 aliphatic rings. The minimum atomic E-state index is -0.664. The van der Waals surface area contributed by atoms with Gasteiger partial charge in [-0.2, -0.15) is 5.26 Å². The number of phenols is 1. The Kier molecular flexibility index (Phi) is 3.24. The highest BCUT2D eigenvalue weighted by Gasteiger charge is 2.17. The van der Waals surface area contributed by atoms with Gasteiger partial charge >= 0.3 is 5.69 Å². The molecule has 5 nitrogen and oxygen atoms in total. The van der Waals surface area contributed by atoms with E-state index in [1.54, 1.807) is 0 Å². The Morgan fingerprint density at radius 2 is 2.33 bits per heavy atom. The molecule has 0 amide bonds. The van der Waals surface area contributed by atoms with Crippen molar-refractivity contribution in [3.8, 4) is 11.8 Å². The largest absolute Gasteiger partial charge is 0.502 e. The maximum absolute atomic E-state index is 10.5. The Morgan fingerprint density at radius 1 is 1.67 bits per heavy atom. The molecule has 78 valence electrons. The topological polar surface area (TPSA) is 87.2 Å². The van der Waals surface area contributed by atoms with Crippen LogP contribution >= 0.6 is 0 Å². The zero-order chi connectivity index (χ0) is 11.4. The molecule has 0 saturated heterocycles. The van der Waals surface area contributed by atoms with Crippen molar-refractivity contribution in [1.82, 2.24) is 0 Å². The van der Waals surface area contributed by atoms with E-state index in [1.165, 1.54) is 18.2 Å². The van der Waals surface area contributed by atoms with Crippen LogP contribution in [-0.2, 0) is 0 Å². The monoisotopic (exact) mass is 206 g/mol. The van der Waals surface area contributed by atoms with E-state index < -0.39 is 4.92 Å². The van der Waals surface area contributed by atoms with Gasteiger partial charge in [-0.15, -0.1) is 0 Å². The first-order valence-corrected chi connectivity index (χ1v) is 4.47. The Bertz CT molecular complexity index is 423. The molecule has 5 heteroatoms. The number of hydrogen-bond donors (Lipinski definition) is 1. The van der Waals surface area contributed by atoms with Gasteiger partial charge in [0.25, 0.3) is 0 Å². The fourth-order valence-electron chi connectivity index (χ4n) is 1.30. The predicted molar refractivity (Wildman–Crippen MR) is 53.4 cm³/mol. The molecule has 1 atom stereocenters. The van der Waals surface area contributed by atoms with E-state index in [2.05, 4.69) is 0 Å². The van der Waals surface area contributed by atoms with Crippen molar-refractivity contribution in [2.75, 3.05) is 0 Å². The van der Waals surface area contributed by atoms with Crippen LogP contribution in [0.2, 0.25) is 0 Å². The fraction of sp³-hybridized carbons (Fsp3) is 0.300. The number of phenolic OH excluding ortho intramolecular Hbond substituents is 1. The smallest absolute Gasteiger partial charge is 0.311 e. The summed E-state index contributed by atoms with van der Waals surface area (Å²) in [6.45, 7) is 1.83. The van der Waals surface area contributed by atoms with Gasteiger partial charge in [0.2, 0.25) is 0 Å². The maximum Gasteiger partial charge on any atom is 0.311 e. The van der Waals surface area contributed by atoms with Crippen LogP contribution in [0.4, 0.5) is 5.69 Å². The number of nitriles is 1. The molecule has 1 aromatic rings. The molecule has 0 spiro atoms. The van der Waals surface area contributed by atoms with E-state index in [1.807, 2.05) is 13.0 Å². The minimum absolute atomic E-state index is 0.360. The normalized spacial score (nSPS) is 11.7. The number of nitro groups is 1. The van der Waals surface area contributed by atoms with Gasteiger partial charge in [0, 0.05) is 6.07 Å². The van der Waals surface area contributed by atoms with E-state index in [0.29, 0.717) is 12.0 Å². The standard InChI is InChI=1S/C10H10N2O3/c1-2-7(6-11)8-3-4-10(13)9(5-8)12(14)15/h3-5,7,13H,2H2,1H3/t7-/m0/s1. The van der Waals surface area contributed by atoms with E-state index in [4.69, 9.17) is 5.26 Å². The number of rotatable bonds is 3. The quantitative estimate of drug-likeness (QED) is 0.607. The van der Waals surface area contributed by atoms with Crippen molar-refractivity contribution >= 4 is 5.69 Å². The lowest BCUT2D eigenvalue weighted by Gasteiger charge is -2.06. The lowest BCUT2D eigenvalue weighted by Crippen LogP contribution is -1.96. The second-order valence-electron chi connectivity index (χ2n) is 3.10. The lowest BCUT2D eigenvalue weighted by atomic mass is 9.97. The van der Waals surface area contributed by atoms with Crippen molar-refractivity contribution in [1.29, 1.82) is 5.26 Å². The third kappa shape index (κ3) is 2.23. The van der Waals surface area contributed by atoms with Gasteiger partial charge in [0.05, 0.1) is 16.9 Å². The SMILES string of the molecule is CC[C@@H](C#N)c1ccc(O)c([N+](=O)[O-])c1. The number of hydrogen-bond acceptors (Lipinski definition) is 4. The zero-order valence-corrected chi connectivity index (χ0v) is 8.17. The van der Waals surface area contributed by atoms with Gasteiger partial charge in [-0.05, 0) is 18.1 Å². The van der Waals surface area contributed by atoms with Crippen LogP contribution in [0.15, 0.2) is 18.2 Å². The van der Waals surface area contributed by atoms with E-state index in [-0.39, 0.29) is 17.4 Å². The van der Waals surface area contributed by atoms with Crippen molar-refractivity contribution in [2.24, 2.45) is 0 Å². The maximum atomic E-state index is 10.5. The first-order valence-electron chi connectivity index (χ1n) is 4.47. The van der Waals surface area contributed by atoms with Crippen molar-refractivity contribution in [2.45, 2.75) is 19.3 Å². The number of nitro benzene ring substituents is 1. The minimum Gasteiger partial charge on any atom is -0.502 e. The molecule has 0 unspecified atom stereocenters. The van der Waals surface area contributed by atoms with Gasteiger partial charge in [-0.25, -0.2) is 0 Å². The summed E-state index contributed by atoms with van der Waals surface area (Å²) in [5.74, 6) is -0.749. The highest BCUT2D eigenvalue weighted by atomic mass is 16.6. The van der Waals surface area contributed by atoms with E-state index >= 15 is 0 Å². The number of aromatic hydroxyl groups is 1. The summed E-state index contributed by atoms with van der Waals surface area (Å²) < 4.78 is 0. The molecule has 0 aliphatic heterocycles. The molecule has 1 rings (SSSR count). The van der Waals surface area contributed by atoms with Gasteiger partial charge in [0.15, 0.2) is 5.75 Å². The Morgan fingerprint density at radius 3 is 2.80 bits per heavy atom. The first-order chi connectivity index (χ1) is 7.10. The second kappa shape index (κ2) is 4.42. The van der Waals surface area contributed by atoms with Crippen molar-refractivity contribution < 1.29 is 10.0 Å². The van der Waals surface area contributed by atoms with Crippen molar-refractivity contribution in [3.05, 3.63) is 33.9 Å². The molecular weight excluding hydrogens is 196 g/mol. The molecule has 0 fully saturated rings. The summed E-state index contributed by atoms with van der Waals surface area (Å²) in [5.41, 5.74) is 0.200. The summed E-state index contributed by atoms with van der Waals surface area (Å²) in [6, 6.07) is 6.06. The highest BCUT2D eigenvalue weighted by molar-refractivity contribution is 5.49. The molecule has 0 heterocycles. The van der Waals surface area contributed by atoms with Crippen LogP contribution in [-0.4, -0.2) is 10.0 Å². The number of nitrogens with zero attached hydrogens (tertiary/aromatic N) is 2. The average Bonchev–Trinajstić information content (AvgIpc) is 2.21. The summed E-state index contributed by atoms with van der Waals surface area (Å²) in [7, 11) is 0. The molecule has 15 heavy (non-hydrogen) atoms. The third-order valence-corrected chi connectivity index (χ3v) is 2.16. The van der Waals surface area contributed by atoms with Crippen LogP contribution in [0.1, 0.15) is 24.8 Å². The number of benzene rings is 1. The first kappa shape index (κ1) is 11.0. The highest BCUT2D eigenvalue weighted by Crippen LogP contribution is 2.30. The molecular formula is C10H10N2O3. The second-order valence-corrected chi connectivity index (χ2v) is 3.10. The average molecular weight is 206 g/mol. The Labute approximate surface area is 86.7 Å². The summed E-state index contributed by atoms with van der Waals surface area (Å²) in [5, 5.41) is 28.5. The summed E-state index contributed by atoms with van der Waals surface area (Å²) in [4.78, 5) is 9.87. The van der Waals surface area contributed by atoms with Gasteiger partial charge < -0.3 is 5.11 Å². The molecule has 0 aliphatic carbocycles.